The van der Waals surface area contributed by atoms with Gasteiger partial charge in [0, 0.05) is 49.5 Å². The Balaban J connectivity index is 1.41. The molecule has 1 unspecified atom stereocenters. The Morgan fingerprint density at radius 1 is 1.08 bits per heavy atom. The fourth-order valence-electron chi connectivity index (χ4n) is 3.59. The van der Waals surface area contributed by atoms with Crippen LogP contribution in [0.5, 0.6) is 5.75 Å². The van der Waals surface area contributed by atoms with Gasteiger partial charge in [-0.25, -0.2) is 0 Å². The van der Waals surface area contributed by atoms with Gasteiger partial charge in [-0.2, -0.15) is 0 Å². The van der Waals surface area contributed by atoms with Crippen LogP contribution in [0.25, 0.3) is 0 Å². The second kappa shape index (κ2) is 7.00. The summed E-state index contributed by atoms with van der Waals surface area (Å²) in [5, 5.41) is 2.99. The van der Waals surface area contributed by atoms with E-state index < -0.39 is 0 Å². The number of hydrogen-bond acceptors (Lipinski definition) is 4. The maximum absolute atomic E-state index is 12.5. The average Bonchev–Trinajstić information content (AvgIpc) is 3.02. The van der Waals surface area contributed by atoms with Crippen molar-refractivity contribution in [2.45, 2.75) is 19.4 Å². The molecule has 136 valence electrons. The summed E-state index contributed by atoms with van der Waals surface area (Å²) in [5.74, 6) is 0.842. The molecule has 5 nitrogen and oxygen atoms in total. The van der Waals surface area contributed by atoms with Crippen molar-refractivity contribution in [3.05, 3.63) is 53.6 Å². The van der Waals surface area contributed by atoms with Crippen LogP contribution in [-0.4, -0.2) is 50.1 Å². The molecule has 1 atom stereocenters. The van der Waals surface area contributed by atoms with E-state index in [1.807, 2.05) is 42.5 Å². The summed E-state index contributed by atoms with van der Waals surface area (Å²) in [6.07, 6.45) is 1.09. The number of nitrogens with one attached hydrogen (secondary N) is 1. The van der Waals surface area contributed by atoms with Gasteiger partial charge in [0.1, 0.15) is 11.9 Å². The van der Waals surface area contributed by atoms with E-state index in [0.29, 0.717) is 5.56 Å². The van der Waals surface area contributed by atoms with E-state index in [2.05, 4.69) is 29.1 Å². The highest BCUT2D eigenvalue weighted by Crippen LogP contribution is 2.31. The Hall–Kier alpha value is -2.53. The first-order valence-corrected chi connectivity index (χ1v) is 9.23. The number of anilines is 2. The number of amides is 1. The average molecular weight is 351 g/mol. The van der Waals surface area contributed by atoms with Crippen molar-refractivity contribution < 1.29 is 9.53 Å². The molecule has 1 fully saturated rings. The molecule has 0 aliphatic carbocycles. The zero-order valence-electron chi connectivity index (χ0n) is 15.4. The molecule has 2 heterocycles. The Bertz CT molecular complexity index is 795. The minimum atomic E-state index is -0.0816. The van der Waals surface area contributed by atoms with E-state index in [0.717, 1.165) is 49.6 Å². The lowest BCUT2D eigenvalue weighted by Crippen LogP contribution is -2.44. The largest absolute Gasteiger partial charge is 0.490 e. The van der Waals surface area contributed by atoms with E-state index in [-0.39, 0.29) is 12.0 Å². The van der Waals surface area contributed by atoms with Crippen molar-refractivity contribution in [1.82, 2.24) is 4.90 Å². The lowest BCUT2D eigenvalue weighted by Gasteiger charge is -2.34. The molecule has 1 saturated heterocycles. The SMILES string of the molecule is CC1Cc2cc(NC(=O)c3ccc(N4CCN(C)CC4)cc3)ccc2O1. The van der Waals surface area contributed by atoms with Gasteiger partial charge in [-0.1, -0.05) is 0 Å². The predicted octanol–water partition coefficient (Wildman–Crippen LogP) is 3.01. The summed E-state index contributed by atoms with van der Waals surface area (Å²) < 4.78 is 5.71. The zero-order valence-corrected chi connectivity index (χ0v) is 15.4. The number of likely N-dealkylation sites (N-methyl/N-ethyl adjacent to an activating group) is 1. The van der Waals surface area contributed by atoms with E-state index in [1.165, 1.54) is 5.69 Å². The quantitative estimate of drug-likeness (QED) is 0.923. The second-order valence-corrected chi connectivity index (χ2v) is 7.25. The van der Waals surface area contributed by atoms with Crippen molar-refractivity contribution in [2.75, 3.05) is 43.4 Å². The van der Waals surface area contributed by atoms with Crippen LogP contribution in [0, 0.1) is 0 Å². The molecule has 1 amide bonds. The predicted molar refractivity (Wildman–Crippen MR) is 104 cm³/mol. The van der Waals surface area contributed by atoms with Crippen LogP contribution in [0.4, 0.5) is 11.4 Å². The highest BCUT2D eigenvalue weighted by atomic mass is 16.5. The lowest BCUT2D eigenvalue weighted by atomic mass is 10.1. The molecule has 0 radical (unpaired) electrons. The summed E-state index contributed by atoms with van der Waals surface area (Å²) in [6, 6.07) is 13.7. The van der Waals surface area contributed by atoms with Crippen LogP contribution in [-0.2, 0) is 6.42 Å². The van der Waals surface area contributed by atoms with E-state index >= 15 is 0 Å². The normalized spacial score (nSPS) is 19.8. The summed E-state index contributed by atoms with van der Waals surface area (Å²) in [6.45, 7) is 6.25. The fourth-order valence-corrected chi connectivity index (χ4v) is 3.59. The molecule has 1 N–H and O–H groups in total. The lowest BCUT2D eigenvalue weighted by molar-refractivity contribution is 0.102. The van der Waals surface area contributed by atoms with E-state index in [4.69, 9.17) is 4.74 Å². The topological polar surface area (TPSA) is 44.8 Å². The Kier molecular flexibility index (Phi) is 4.55. The number of piperazine rings is 1. The van der Waals surface area contributed by atoms with Crippen molar-refractivity contribution >= 4 is 17.3 Å². The van der Waals surface area contributed by atoms with Gasteiger partial charge >= 0.3 is 0 Å². The summed E-state index contributed by atoms with van der Waals surface area (Å²) in [5.41, 5.74) is 3.82. The van der Waals surface area contributed by atoms with Crippen LogP contribution in [0.15, 0.2) is 42.5 Å². The molecular formula is C21H25N3O2. The van der Waals surface area contributed by atoms with Crippen LogP contribution < -0.4 is 15.0 Å². The number of hydrogen-bond donors (Lipinski definition) is 1. The van der Waals surface area contributed by atoms with Crippen LogP contribution >= 0.6 is 0 Å². The van der Waals surface area contributed by atoms with Crippen molar-refractivity contribution in [3.63, 3.8) is 0 Å². The first-order chi connectivity index (χ1) is 12.6. The maximum Gasteiger partial charge on any atom is 0.255 e. The van der Waals surface area contributed by atoms with Gasteiger partial charge in [-0.05, 0) is 62.0 Å². The molecule has 2 aromatic rings. The van der Waals surface area contributed by atoms with E-state index in [1.54, 1.807) is 0 Å². The molecular weight excluding hydrogens is 326 g/mol. The van der Waals surface area contributed by atoms with Crippen LogP contribution in [0.1, 0.15) is 22.8 Å². The third kappa shape index (κ3) is 3.53. The van der Waals surface area contributed by atoms with Gasteiger partial charge < -0.3 is 19.9 Å². The number of ether oxygens (including phenoxy) is 1. The van der Waals surface area contributed by atoms with Gasteiger partial charge in [0.05, 0.1) is 0 Å². The number of carbonyl (C=O) groups is 1. The molecule has 0 spiro atoms. The van der Waals surface area contributed by atoms with Gasteiger partial charge in [-0.3, -0.25) is 4.79 Å². The second-order valence-electron chi connectivity index (χ2n) is 7.25. The Morgan fingerprint density at radius 3 is 2.54 bits per heavy atom. The number of fused-ring (bicyclic) bond motifs is 1. The third-order valence-corrected chi connectivity index (χ3v) is 5.15. The summed E-state index contributed by atoms with van der Waals surface area (Å²) in [4.78, 5) is 17.2. The molecule has 5 heteroatoms. The number of carbonyl (C=O) groups excluding carboxylic acids is 1. The number of rotatable bonds is 3. The first-order valence-electron chi connectivity index (χ1n) is 9.23. The highest BCUT2D eigenvalue weighted by molar-refractivity contribution is 6.04. The molecule has 0 bridgehead atoms. The molecule has 2 aliphatic rings. The third-order valence-electron chi connectivity index (χ3n) is 5.15. The van der Waals surface area contributed by atoms with Crippen molar-refractivity contribution in [3.8, 4) is 5.75 Å². The Labute approximate surface area is 154 Å². The van der Waals surface area contributed by atoms with E-state index in [9.17, 15) is 4.79 Å². The summed E-state index contributed by atoms with van der Waals surface area (Å²) in [7, 11) is 2.15. The van der Waals surface area contributed by atoms with Crippen molar-refractivity contribution in [1.29, 1.82) is 0 Å². The molecule has 2 aliphatic heterocycles. The molecule has 26 heavy (non-hydrogen) atoms. The maximum atomic E-state index is 12.5. The smallest absolute Gasteiger partial charge is 0.255 e. The molecule has 0 saturated carbocycles. The number of nitrogens with zero attached hydrogens (tertiary/aromatic N) is 2. The fraction of sp³-hybridized carbons (Fsp3) is 0.381. The van der Waals surface area contributed by atoms with Gasteiger partial charge in [-0.15, -0.1) is 0 Å². The van der Waals surface area contributed by atoms with Crippen LogP contribution in [0.2, 0.25) is 0 Å². The molecule has 4 rings (SSSR count). The van der Waals surface area contributed by atoms with Gasteiger partial charge in [0.15, 0.2) is 0 Å². The minimum absolute atomic E-state index is 0.0816. The summed E-state index contributed by atoms with van der Waals surface area (Å²) >= 11 is 0. The number of benzene rings is 2. The first kappa shape index (κ1) is 16.9. The molecule has 0 aromatic heterocycles. The monoisotopic (exact) mass is 351 g/mol. The molecule has 2 aromatic carbocycles. The van der Waals surface area contributed by atoms with Gasteiger partial charge in [0.25, 0.3) is 5.91 Å². The van der Waals surface area contributed by atoms with Crippen molar-refractivity contribution in [2.24, 2.45) is 0 Å². The standard InChI is InChI=1S/C21H25N3O2/c1-15-13-17-14-18(5-8-20(17)26-15)22-21(25)16-3-6-19(7-4-16)24-11-9-23(2)10-12-24/h3-8,14-15H,9-13H2,1-2H3,(H,22,25). The Morgan fingerprint density at radius 2 is 1.81 bits per heavy atom. The zero-order chi connectivity index (χ0) is 18.1. The minimum Gasteiger partial charge on any atom is -0.490 e. The van der Waals surface area contributed by atoms with Gasteiger partial charge in [0.2, 0.25) is 0 Å². The van der Waals surface area contributed by atoms with Crippen LogP contribution in [0.3, 0.4) is 0 Å². The highest BCUT2D eigenvalue weighted by Gasteiger charge is 2.19.